The number of rotatable bonds is 4. The SMILES string of the molecule is COc1ccc(C(=O)N=c2c(C#N)cc3c(=O)n4cccc(C)c4nc3n2C[C@@H]2CCCO2)cc1. The molecule has 0 radical (unpaired) electrons. The summed E-state index contributed by atoms with van der Waals surface area (Å²) in [7, 11) is 1.55. The number of ether oxygens (including phenoxy) is 2. The maximum Gasteiger partial charge on any atom is 0.278 e. The molecule has 1 aliphatic heterocycles. The van der Waals surface area contributed by atoms with Gasteiger partial charge in [-0.2, -0.15) is 10.3 Å². The smallest absolute Gasteiger partial charge is 0.278 e. The highest BCUT2D eigenvalue weighted by molar-refractivity contribution is 5.95. The van der Waals surface area contributed by atoms with E-state index in [0.29, 0.717) is 35.8 Å². The molecule has 5 rings (SSSR count). The quantitative estimate of drug-likeness (QED) is 0.425. The van der Waals surface area contributed by atoms with E-state index in [2.05, 4.69) is 11.1 Å². The van der Waals surface area contributed by atoms with Gasteiger partial charge in [-0.15, -0.1) is 0 Å². The lowest BCUT2D eigenvalue weighted by Gasteiger charge is -2.17. The number of fused-ring (bicyclic) bond motifs is 2. The van der Waals surface area contributed by atoms with Crippen molar-refractivity contribution in [2.24, 2.45) is 4.99 Å². The minimum absolute atomic E-state index is 0.115. The average Bonchev–Trinajstić information content (AvgIpc) is 3.39. The average molecular weight is 470 g/mol. The van der Waals surface area contributed by atoms with Gasteiger partial charge in [-0.25, -0.2) is 4.98 Å². The summed E-state index contributed by atoms with van der Waals surface area (Å²) in [5.74, 6) is 0.101. The lowest BCUT2D eigenvalue weighted by molar-refractivity contribution is 0.0952. The van der Waals surface area contributed by atoms with Crippen molar-refractivity contribution in [3.05, 3.63) is 81.2 Å². The van der Waals surface area contributed by atoms with Crippen LogP contribution in [-0.4, -0.2) is 39.7 Å². The molecule has 4 heterocycles. The van der Waals surface area contributed by atoms with Gasteiger partial charge in [0.1, 0.15) is 23.1 Å². The van der Waals surface area contributed by atoms with Gasteiger partial charge < -0.3 is 14.0 Å². The highest BCUT2D eigenvalue weighted by atomic mass is 16.5. The van der Waals surface area contributed by atoms with E-state index in [0.717, 1.165) is 18.4 Å². The molecule has 3 aromatic heterocycles. The summed E-state index contributed by atoms with van der Waals surface area (Å²) in [6.45, 7) is 2.83. The second kappa shape index (κ2) is 9.16. The third-order valence-electron chi connectivity index (χ3n) is 6.18. The molecule has 4 aromatic rings. The van der Waals surface area contributed by atoms with E-state index in [1.165, 1.54) is 10.5 Å². The maximum atomic E-state index is 13.4. The largest absolute Gasteiger partial charge is 0.497 e. The van der Waals surface area contributed by atoms with Gasteiger partial charge in [-0.3, -0.25) is 14.0 Å². The van der Waals surface area contributed by atoms with Crippen molar-refractivity contribution in [2.45, 2.75) is 32.4 Å². The lowest BCUT2D eigenvalue weighted by atomic mass is 10.1. The zero-order chi connectivity index (χ0) is 24.5. The van der Waals surface area contributed by atoms with Crippen LogP contribution in [0.2, 0.25) is 0 Å². The number of methoxy groups -OCH3 is 1. The van der Waals surface area contributed by atoms with Crippen molar-refractivity contribution in [1.29, 1.82) is 5.26 Å². The molecule has 0 aliphatic carbocycles. The molecule has 0 saturated carbocycles. The monoisotopic (exact) mass is 469 g/mol. The summed E-state index contributed by atoms with van der Waals surface area (Å²) < 4.78 is 14.1. The Kier molecular flexibility index (Phi) is 5.89. The number of carbonyl (C=O) groups excluding carboxylic acids is 1. The molecule has 1 amide bonds. The van der Waals surface area contributed by atoms with Gasteiger partial charge in [0.2, 0.25) is 0 Å². The lowest BCUT2D eigenvalue weighted by Crippen LogP contribution is -2.33. The Morgan fingerprint density at radius 3 is 2.77 bits per heavy atom. The normalized spacial score (nSPS) is 16.0. The number of amides is 1. The van der Waals surface area contributed by atoms with E-state index in [4.69, 9.17) is 14.5 Å². The molecule has 0 spiro atoms. The van der Waals surface area contributed by atoms with Gasteiger partial charge in [-0.1, -0.05) is 6.07 Å². The zero-order valence-corrected chi connectivity index (χ0v) is 19.4. The van der Waals surface area contributed by atoms with Gasteiger partial charge >= 0.3 is 0 Å². The molecule has 9 nitrogen and oxygen atoms in total. The number of nitrogens with zero attached hydrogens (tertiary/aromatic N) is 5. The van der Waals surface area contributed by atoms with Crippen molar-refractivity contribution >= 4 is 22.6 Å². The number of hydrogen-bond donors (Lipinski definition) is 0. The van der Waals surface area contributed by atoms with E-state index < -0.39 is 5.91 Å². The summed E-state index contributed by atoms with van der Waals surface area (Å²) >= 11 is 0. The van der Waals surface area contributed by atoms with Crippen LogP contribution in [-0.2, 0) is 11.3 Å². The predicted molar refractivity (Wildman–Crippen MR) is 128 cm³/mol. The first-order valence-electron chi connectivity index (χ1n) is 11.3. The third kappa shape index (κ3) is 4.09. The molecule has 1 atom stereocenters. The van der Waals surface area contributed by atoms with E-state index in [-0.39, 0.29) is 28.1 Å². The van der Waals surface area contributed by atoms with E-state index in [9.17, 15) is 14.9 Å². The van der Waals surface area contributed by atoms with Crippen molar-refractivity contribution < 1.29 is 14.3 Å². The van der Waals surface area contributed by atoms with Gasteiger partial charge in [-0.05, 0) is 61.7 Å². The van der Waals surface area contributed by atoms with Crippen LogP contribution in [0.1, 0.15) is 34.3 Å². The van der Waals surface area contributed by atoms with Crippen molar-refractivity contribution in [1.82, 2.24) is 14.0 Å². The number of aromatic nitrogens is 3. The molecule has 1 fully saturated rings. The topological polar surface area (TPSA) is 111 Å². The van der Waals surface area contributed by atoms with Crippen molar-refractivity contribution in [3.63, 3.8) is 0 Å². The van der Waals surface area contributed by atoms with Crippen LogP contribution in [0, 0.1) is 18.3 Å². The second-order valence-corrected chi connectivity index (χ2v) is 8.42. The molecule has 176 valence electrons. The number of aryl methyl sites for hydroxylation is 1. The van der Waals surface area contributed by atoms with Gasteiger partial charge in [0, 0.05) is 18.4 Å². The predicted octanol–water partition coefficient (Wildman–Crippen LogP) is 2.76. The molecule has 1 saturated heterocycles. The van der Waals surface area contributed by atoms with Gasteiger partial charge in [0.05, 0.1) is 30.7 Å². The minimum atomic E-state index is -0.515. The Balaban J connectivity index is 1.81. The zero-order valence-electron chi connectivity index (χ0n) is 19.4. The highest BCUT2D eigenvalue weighted by Crippen LogP contribution is 2.18. The third-order valence-corrected chi connectivity index (χ3v) is 6.18. The summed E-state index contributed by atoms with van der Waals surface area (Å²) in [6, 6.07) is 13.8. The highest BCUT2D eigenvalue weighted by Gasteiger charge is 2.21. The first kappa shape index (κ1) is 22.5. The van der Waals surface area contributed by atoms with Crippen LogP contribution < -0.4 is 15.8 Å². The molecule has 9 heteroatoms. The van der Waals surface area contributed by atoms with E-state index in [1.54, 1.807) is 48.2 Å². The van der Waals surface area contributed by atoms with Crippen LogP contribution in [0.4, 0.5) is 0 Å². The molecule has 1 aliphatic rings. The number of benzene rings is 1. The van der Waals surface area contributed by atoms with Crippen LogP contribution >= 0.6 is 0 Å². The molecule has 35 heavy (non-hydrogen) atoms. The number of nitriles is 1. The molecular formula is C26H23N5O4. The molecule has 0 unspecified atom stereocenters. The molecule has 0 N–H and O–H groups in total. The Morgan fingerprint density at radius 2 is 2.09 bits per heavy atom. The first-order valence-corrected chi connectivity index (χ1v) is 11.3. The minimum Gasteiger partial charge on any atom is -0.497 e. The van der Waals surface area contributed by atoms with Gasteiger partial charge in [0.15, 0.2) is 5.49 Å². The van der Waals surface area contributed by atoms with Crippen molar-refractivity contribution in [2.75, 3.05) is 13.7 Å². The maximum absolute atomic E-state index is 13.4. The van der Waals surface area contributed by atoms with Gasteiger partial charge in [0.25, 0.3) is 11.5 Å². The fourth-order valence-corrected chi connectivity index (χ4v) is 4.35. The Bertz CT molecular complexity index is 1620. The molecule has 0 bridgehead atoms. The Labute approximate surface area is 200 Å². The Hall–Kier alpha value is -4.29. The van der Waals surface area contributed by atoms with Crippen LogP contribution in [0.5, 0.6) is 5.75 Å². The van der Waals surface area contributed by atoms with E-state index in [1.807, 2.05) is 13.0 Å². The number of hydrogen-bond acceptors (Lipinski definition) is 6. The second-order valence-electron chi connectivity index (χ2n) is 8.42. The fraction of sp³-hybridized carbons (Fsp3) is 0.269. The summed E-state index contributed by atoms with van der Waals surface area (Å²) in [6.07, 6.45) is 3.25. The van der Waals surface area contributed by atoms with Crippen molar-refractivity contribution in [3.8, 4) is 11.8 Å². The molecular weight excluding hydrogens is 446 g/mol. The Morgan fingerprint density at radius 1 is 1.29 bits per heavy atom. The van der Waals surface area contributed by atoms with Crippen LogP contribution in [0.15, 0.2) is 58.4 Å². The summed E-state index contributed by atoms with van der Waals surface area (Å²) in [5, 5.41) is 10.2. The summed E-state index contributed by atoms with van der Waals surface area (Å²) in [4.78, 5) is 35.6. The van der Waals surface area contributed by atoms with Crippen LogP contribution in [0.3, 0.4) is 0 Å². The first-order chi connectivity index (χ1) is 17.0. The molecule has 1 aromatic carbocycles. The number of carbonyl (C=O) groups is 1. The number of pyridine rings is 2. The fourth-order valence-electron chi connectivity index (χ4n) is 4.35. The standard InChI is InChI=1S/C26H23N5O4/c1-16-5-3-11-30-22(16)28-24-21(26(30)33)13-18(14-27)23(31(24)15-20-6-4-12-35-20)29-25(32)17-7-9-19(34-2)10-8-17/h3,5,7-11,13,20H,4,6,12,15H2,1-2H3/t20-/m0/s1. The van der Waals surface area contributed by atoms with Crippen LogP contribution in [0.25, 0.3) is 16.7 Å². The van der Waals surface area contributed by atoms with E-state index >= 15 is 0 Å². The summed E-state index contributed by atoms with van der Waals surface area (Å²) in [5.41, 5.74) is 2.01.